The number of carbonyl (C=O) groups excluding carboxylic acids is 1. The van der Waals surface area contributed by atoms with Crippen molar-refractivity contribution in [1.29, 1.82) is 0 Å². The Bertz CT molecular complexity index is 1290. The largest absolute Gasteiger partial charge is 0.528 e. The molecule has 3 aromatic rings. The van der Waals surface area contributed by atoms with Gasteiger partial charge in [0.05, 0.1) is 37.7 Å². The van der Waals surface area contributed by atoms with Crippen LogP contribution < -0.4 is 10.6 Å². The molecule has 39 heavy (non-hydrogen) atoms. The summed E-state index contributed by atoms with van der Waals surface area (Å²) in [5, 5.41) is 1.69. The molecule has 0 unspecified atom stereocenters. The van der Waals surface area contributed by atoms with Crippen molar-refractivity contribution in [3.05, 3.63) is 30.5 Å². The van der Waals surface area contributed by atoms with E-state index in [1.54, 1.807) is 17.5 Å². The Kier molecular flexibility index (Phi) is 7.56. The summed E-state index contributed by atoms with van der Waals surface area (Å²) in [4.78, 5) is 40.5. The molecule has 2 fully saturated rings. The highest BCUT2D eigenvalue weighted by Crippen LogP contribution is 2.27. The molecule has 5 rings (SSSR count). The summed E-state index contributed by atoms with van der Waals surface area (Å²) in [6.07, 6.45) is 6.68. The van der Waals surface area contributed by atoms with E-state index >= 15 is 0 Å². The standard InChI is InChI=1S/C26H37N9O4/c1-17-12-34(39-25(36)38-26(3,4)5)13-18(2)35(17)15-20-14-33-16-21(19-10-28-24(27)29-11-19)31-23(22(33)30-20)32-6-8-37-9-7-32/h10-11,14,16-18H,6-9,12-13,15H2,1-5H3,(H2,27,28,29)/t17-,18+. The lowest BCUT2D eigenvalue weighted by Gasteiger charge is -2.42. The number of nitrogen functional groups attached to an aromatic ring is 1. The molecule has 0 radical (unpaired) electrons. The average molecular weight is 540 g/mol. The van der Waals surface area contributed by atoms with Crippen molar-refractivity contribution in [3.63, 3.8) is 0 Å². The van der Waals surface area contributed by atoms with Gasteiger partial charge >= 0.3 is 6.16 Å². The molecule has 2 saturated heterocycles. The van der Waals surface area contributed by atoms with Crippen LogP contribution in [0.15, 0.2) is 24.8 Å². The SMILES string of the molecule is C[C@@H]1CN(OC(=O)OC(C)(C)C)C[C@H](C)N1Cc1cn2cc(-c3cnc(N)nc3)nc(N3CCOCC3)c2n1. The van der Waals surface area contributed by atoms with Crippen LogP contribution in [0.5, 0.6) is 0 Å². The Morgan fingerprint density at radius 3 is 2.38 bits per heavy atom. The molecule has 3 aromatic heterocycles. The van der Waals surface area contributed by atoms with Crippen LogP contribution in [-0.4, -0.2) is 97.5 Å². The van der Waals surface area contributed by atoms with Gasteiger partial charge in [-0.05, 0) is 34.6 Å². The van der Waals surface area contributed by atoms with Crippen LogP contribution in [0.3, 0.4) is 0 Å². The summed E-state index contributed by atoms with van der Waals surface area (Å²) in [7, 11) is 0. The highest BCUT2D eigenvalue weighted by molar-refractivity contribution is 5.70. The van der Waals surface area contributed by atoms with Crippen LogP contribution in [0.2, 0.25) is 0 Å². The lowest BCUT2D eigenvalue weighted by Crippen LogP contribution is -2.56. The van der Waals surface area contributed by atoms with E-state index in [-0.39, 0.29) is 18.0 Å². The van der Waals surface area contributed by atoms with E-state index in [1.807, 2.05) is 37.6 Å². The number of fused-ring (bicyclic) bond motifs is 1. The second-order valence-corrected chi connectivity index (χ2v) is 11.1. The number of piperazine rings is 1. The van der Waals surface area contributed by atoms with Crippen molar-refractivity contribution in [2.45, 2.75) is 58.8 Å². The molecule has 0 saturated carbocycles. The number of morpholine rings is 1. The van der Waals surface area contributed by atoms with Gasteiger partial charge in [-0.2, -0.15) is 0 Å². The van der Waals surface area contributed by atoms with E-state index in [0.29, 0.717) is 32.8 Å². The fraction of sp³-hybridized carbons (Fsp3) is 0.577. The molecule has 2 atom stereocenters. The van der Waals surface area contributed by atoms with E-state index in [2.05, 4.69) is 33.6 Å². The molecule has 0 bridgehead atoms. The predicted octanol–water partition coefficient (Wildman–Crippen LogP) is 2.37. The lowest BCUT2D eigenvalue weighted by atomic mass is 10.1. The van der Waals surface area contributed by atoms with E-state index in [1.165, 1.54) is 0 Å². The predicted molar refractivity (Wildman–Crippen MR) is 145 cm³/mol. The molecule has 13 nitrogen and oxygen atoms in total. The summed E-state index contributed by atoms with van der Waals surface area (Å²) in [6, 6.07) is 0.251. The second kappa shape index (κ2) is 10.9. The number of hydroxylamine groups is 2. The summed E-state index contributed by atoms with van der Waals surface area (Å²) in [6.45, 7) is 14.2. The molecule has 2 N–H and O–H groups in total. The van der Waals surface area contributed by atoms with Crippen molar-refractivity contribution in [1.82, 2.24) is 34.3 Å². The van der Waals surface area contributed by atoms with Gasteiger partial charge in [0.2, 0.25) is 5.95 Å². The number of rotatable bonds is 5. The molecule has 13 heteroatoms. The third-order valence-corrected chi connectivity index (χ3v) is 6.75. The first-order valence-corrected chi connectivity index (χ1v) is 13.3. The topological polar surface area (TPSA) is 136 Å². The van der Waals surface area contributed by atoms with Crippen molar-refractivity contribution in [2.75, 3.05) is 50.0 Å². The summed E-state index contributed by atoms with van der Waals surface area (Å²) >= 11 is 0. The van der Waals surface area contributed by atoms with Crippen LogP contribution >= 0.6 is 0 Å². The molecule has 210 valence electrons. The third-order valence-electron chi connectivity index (χ3n) is 6.75. The number of nitrogens with zero attached hydrogens (tertiary/aromatic N) is 8. The van der Waals surface area contributed by atoms with Crippen molar-refractivity contribution in [3.8, 4) is 11.3 Å². The average Bonchev–Trinajstić information content (AvgIpc) is 3.28. The molecule has 2 aliphatic rings. The number of imidazole rings is 1. The molecule has 2 aliphatic heterocycles. The van der Waals surface area contributed by atoms with Crippen molar-refractivity contribution >= 4 is 23.6 Å². The fourth-order valence-corrected chi connectivity index (χ4v) is 4.96. The number of nitrogens with two attached hydrogens (primary N) is 1. The fourth-order valence-electron chi connectivity index (χ4n) is 4.96. The first-order valence-electron chi connectivity index (χ1n) is 13.3. The van der Waals surface area contributed by atoms with E-state index in [9.17, 15) is 4.79 Å². The van der Waals surface area contributed by atoms with Crippen LogP contribution in [0.4, 0.5) is 16.6 Å². The Morgan fingerprint density at radius 2 is 1.74 bits per heavy atom. The second-order valence-electron chi connectivity index (χ2n) is 11.1. The molecule has 5 heterocycles. The van der Waals surface area contributed by atoms with Crippen LogP contribution in [0, 0.1) is 0 Å². The Labute approximate surface area is 227 Å². The molecule has 0 spiro atoms. The minimum atomic E-state index is -0.679. The number of anilines is 2. The number of aromatic nitrogens is 5. The van der Waals surface area contributed by atoms with Crippen molar-refractivity contribution < 1.29 is 19.1 Å². The van der Waals surface area contributed by atoms with Crippen LogP contribution in [0.1, 0.15) is 40.3 Å². The van der Waals surface area contributed by atoms with Gasteiger partial charge in [-0.3, -0.25) is 4.90 Å². The van der Waals surface area contributed by atoms with E-state index < -0.39 is 11.8 Å². The summed E-state index contributed by atoms with van der Waals surface area (Å²) in [5.41, 5.74) is 8.33. The first-order chi connectivity index (χ1) is 18.6. The number of ether oxygens (including phenoxy) is 2. The Morgan fingerprint density at radius 1 is 1.08 bits per heavy atom. The minimum absolute atomic E-state index is 0.125. The van der Waals surface area contributed by atoms with Gasteiger partial charge in [0.15, 0.2) is 11.5 Å². The van der Waals surface area contributed by atoms with Gasteiger partial charge in [-0.15, -0.1) is 5.06 Å². The molecule has 0 amide bonds. The lowest BCUT2D eigenvalue weighted by molar-refractivity contribution is -0.178. The normalized spacial score (nSPS) is 21.3. The minimum Gasteiger partial charge on any atom is -0.427 e. The number of hydrogen-bond acceptors (Lipinski definition) is 12. The highest BCUT2D eigenvalue weighted by Gasteiger charge is 2.33. The Hall–Kier alpha value is -3.55. The zero-order chi connectivity index (χ0) is 27.7. The van der Waals surface area contributed by atoms with Crippen LogP contribution in [0.25, 0.3) is 16.9 Å². The quantitative estimate of drug-likeness (QED) is 0.477. The maximum Gasteiger partial charge on any atom is 0.528 e. The summed E-state index contributed by atoms with van der Waals surface area (Å²) in [5.74, 6) is 1.02. The Balaban J connectivity index is 1.37. The first kappa shape index (κ1) is 27.0. The van der Waals surface area contributed by atoms with E-state index in [4.69, 9.17) is 30.0 Å². The zero-order valence-corrected chi connectivity index (χ0v) is 23.2. The van der Waals surface area contributed by atoms with Gasteiger partial charge < -0.3 is 29.3 Å². The van der Waals surface area contributed by atoms with Crippen molar-refractivity contribution in [2.24, 2.45) is 0 Å². The van der Waals surface area contributed by atoms with Gasteiger partial charge in [0.25, 0.3) is 0 Å². The third kappa shape index (κ3) is 6.37. The summed E-state index contributed by atoms with van der Waals surface area (Å²) < 4.78 is 12.9. The molecular formula is C26H37N9O4. The zero-order valence-electron chi connectivity index (χ0n) is 23.2. The number of hydrogen-bond donors (Lipinski definition) is 1. The maximum atomic E-state index is 12.2. The molecular weight excluding hydrogens is 502 g/mol. The molecule has 0 aliphatic carbocycles. The van der Waals surface area contributed by atoms with E-state index in [0.717, 1.165) is 41.5 Å². The molecule has 0 aromatic carbocycles. The van der Waals surface area contributed by atoms with Gasteiger partial charge in [-0.25, -0.2) is 24.7 Å². The monoisotopic (exact) mass is 539 g/mol. The highest BCUT2D eigenvalue weighted by atomic mass is 16.8. The maximum absolute atomic E-state index is 12.2. The van der Waals surface area contributed by atoms with Gasteiger partial charge in [0, 0.05) is 62.1 Å². The van der Waals surface area contributed by atoms with Gasteiger partial charge in [0.1, 0.15) is 5.60 Å². The van der Waals surface area contributed by atoms with Crippen LogP contribution in [-0.2, 0) is 20.9 Å². The number of carbonyl (C=O) groups is 1. The smallest absolute Gasteiger partial charge is 0.427 e. The van der Waals surface area contributed by atoms with Gasteiger partial charge in [-0.1, -0.05) is 0 Å².